The van der Waals surface area contributed by atoms with E-state index in [0.717, 1.165) is 34.8 Å². The van der Waals surface area contributed by atoms with E-state index in [-0.39, 0.29) is 35.3 Å². The predicted octanol–water partition coefficient (Wildman–Crippen LogP) is 2.84. The Morgan fingerprint density at radius 1 is 0.860 bits per heavy atom. The van der Waals surface area contributed by atoms with Crippen LogP contribution in [0.1, 0.15) is 91.1 Å². The van der Waals surface area contributed by atoms with Gasteiger partial charge in [-0.25, -0.2) is 18.4 Å². The minimum absolute atomic E-state index is 0.000961. The summed E-state index contributed by atoms with van der Waals surface area (Å²) in [5.74, 6) is -1.02. The Kier molecular flexibility index (Phi) is 13.2. The lowest BCUT2D eigenvalue weighted by atomic mass is 9.97. The maximum Gasteiger partial charge on any atom is 0.349 e. The second-order valence-electron chi connectivity index (χ2n) is 15.2. The summed E-state index contributed by atoms with van der Waals surface area (Å²) in [6.07, 6.45) is -0.393. The SMILES string of the molecule is CCCC(CCC)C(=O)Nc1ccn([C@@H]2C3O[C@H](COP(O)(=S)OC4[C@@H](CO)OC5[C@@H](n6ccc(NC(=O)C(CCC)CCC)nc6=O)C45F)C(O)C32F)c(=O)n1. The van der Waals surface area contributed by atoms with Gasteiger partial charge in [0.2, 0.25) is 11.8 Å². The molecule has 11 atom stereocenters. The van der Waals surface area contributed by atoms with Gasteiger partial charge in [-0.15, -0.1) is 0 Å². The smallest absolute Gasteiger partial charge is 0.349 e. The highest BCUT2D eigenvalue weighted by atomic mass is 32.5. The first-order valence-corrected chi connectivity index (χ1v) is 22.1. The number of fused-ring (bicyclic) bond motifs is 2. The zero-order valence-electron chi connectivity index (χ0n) is 32.2. The number of hydrogen-bond donors (Lipinski definition) is 5. The second-order valence-corrected chi connectivity index (χ2v) is 18.0. The molecule has 7 unspecified atom stereocenters. The summed E-state index contributed by atoms with van der Waals surface area (Å²) in [5.41, 5.74) is -6.64. The third-order valence-corrected chi connectivity index (χ3v) is 12.8. The molecule has 316 valence electrons. The van der Waals surface area contributed by atoms with Crippen LogP contribution in [0.25, 0.3) is 0 Å². The van der Waals surface area contributed by atoms with Crippen LogP contribution < -0.4 is 22.0 Å². The molecule has 57 heavy (non-hydrogen) atoms. The van der Waals surface area contributed by atoms with Crippen molar-refractivity contribution in [1.29, 1.82) is 0 Å². The number of aliphatic hydroxyl groups excluding tert-OH is 2. The van der Waals surface area contributed by atoms with Crippen LogP contribution in [0.2, 0.25) is 0 Å². The molecule has 2 saturated heterocycles. The minimum Gasteiger partial charge on any atom is -0.394 e. The van der Waals surface area contributed by atoms with Crippen molar-refractivity contribution in [1.82, 2.24) is 19.1 Å². The highest BCUT2D eigenvalue weighted by molar-refractivity contribution is 8.07. The van der Waals surface area contributed by atoms with Crippen molar-refractivity contribution in [3.63, 3.8) is 0 Å². The highest BCUT2D eigenvalue weighted by Crippen LogP contribution is 2.65. The summed E-state index contributed by atoms with van der Waals surface area (Å²) in [5, 5.41) is 26.1. The molecule has 0 spiro atoms. The highest BCUT2D eigenvalue weighted by Gasteiger charge is 2.81. The van der Waals surface area contributed by atoms with Gasteiger partial charge in [-0.05, 0) is 49.6 Å². The third kappa shape index (κ3) is 8.39. The fourth-order valence-corrected chi connectivity index (χ4v) is 9.75. The van der Waals surface area contributed by atoms with E-state index in [2.05, 4.69) is 20.6 Å². The van der Waals surface area contributed by atoms with Crippen molar-refractivity contribution < 1.29 is 52.0 Å². The lowest BCUT2D eigenvalue weighted by Gasteiger charge is -2.29. The minimum atomic E-state index is -4.40. The van der Waals surface area contributed by atoms with Gasteiger partial charge in [-0.3, -0.25) is 23.2 Å². The molecule has 0 aromatic carbocycles. The van der Waals surface area contributed by atoms with Gasteiger partial charge in [0.25, 0.3) is 0 Å². The van der Waals surface area contributed by atoms with Gasteiger partial charge in [0.05, 0.1) is 13.2 Å². The number of aliphatic hydroxyl groups is 2. The summed E-state index contributed by atoms with van der Waals surface area (Å²) >= 11 is 5.13. The molecule has 2 amide bonds. The van der Waals surface area contributed by atoms with E-state index in [1.165, 1.54) is 24.5 Å². The standard InChI is InChI=1S/C36H51F2N6O11PS/c1-5-9-19(10-6-2)31(47)39-23-13-15-43(33(49)41-23)25-29-35(25,37)27(46)22(54-29)18-52-56(51,57)55-28-21(17-45)53-30-26(36(28,30)38)44-16-14-24(42-34(44)50)40-32(48)20(11-7-3)12-8-4/h13-16,19-22,25-30,45-46H,5-12,17-18H2,1-4H3,(H,51,57)(H,39,41,47,49)(H,40,42,48,50)/t21-,22-,25-,26-,27?,28?,29?,30?,35?,36?,56?/m1/s1. The van der Waals surface area contributed by atoms with Gasteiger partial charge in [0.1, 0.15) is 60.3 Å². The van der Waals surface area contributed by atoms with E-state index >= 15 is 8.78 Å². The molecule has 6 rings (SSSR count). The molecule has 2 saturated carbocycles. The quantitative estimate of drug-likeness (QED) is 0.121. The van der Waals surface area contributed by atoms with Gasteiger partial charge in [-0.1, -0.05) is 53.4 Å². The predicted molar refractivity (Wildman–Crippen MR) is 204 cm³/mol. The van der Waals surface area contributed by atoms with Crippen LogP contribution in [-0.2, 0) is 39.9 Å². The molecule has 2 aromatic heterocycles. The number of rotatable bonds is 20. The van der Waals surface area contributed by atoms with Crippen LogP contribution in [0.15, 0.2) is 34.1 Å². The average Bonchev–Trinajstić information content (AvgIpc) is 3.87. The first-order valence-electron chi connectivity index (χ1n) is 19.5. The van der Waals surface area contributed by atoms with E-state index in [9.17, 15) is 34.3 Å². The zero-order valence-corrected chi connectivity index (χ0v) is 33.9. The van der Waals surface area contributed by atoms with Gasteiger partial charge in [0.15, 0.2) is 11.3 Å². The Morgan fingerprint density at radius 2 is 1.30 bits per heavy atom. The molecule has 2 aliphatic heterocycles. The number of amides is 2. The number of hydrogen-bond acceptors (Lipinski definition) is 13. The summed E-state index contributed by atoms with van der Waals surface area (Å²) < 4.78 is 56.8. The molecular weight excluding hydrogens is 793 g/mol. The van der Waals surface area contributed by atoms with Gasteiger partial charge in [0, 0.05) is 24.2 Å². The van der Waals surface area contributed by atoms with Gasteiger partial charge < -0.3 is 39.7 Å². The van der Waals surface area contributed by atoms with Crippen molar-refractivity contribution in [2.75, 3.05) is 23.8 Å². The molecule has 2 aromatic rings. The number of anilines is 2. The number of nitrogens with zero attached hydrogens (tertiary/aromatic N) is 4. The normalized spacial score (nSPS) is 32.2. The number of ether oxygens (including phenoxy) is 2. The van der Waals surface area contributed by atoms with Crippen LogP contribution in [0.4, 0.5) is 20.4 Å². The monoisotopic (exact) mass is 844 g/mol. The van der Waals surface area contributed by atoms with Crippen molar-refractivity contribution in [3.8, 4) is 0 Å². The Labute approximate surface area is 332 Å². The molecule has 21 heteroatoms. The van der Waals surface area contributed by atoms with E-state index in [0.29, 0.717) is 25.7 Å². The number of carbonyl (C=O) groups is 2. The number of nitrogens with one attached hydrogen (secondary N) is 2. The molecule has 4 aliphatic rings. The Morgan fingerprint density at radius 3 is 1.70 bits per heavy atom. The molecule has 4 heterocycles. The van der Waals surface area contributed by atoms with Gasteiger partial charge in [-0.2, -0.15) is 9.97 Å². The van der Waals surface area contributed by atoms with E-state index in [4.69, 9.17) is 30.3 Å². The van der Waals surface area contributed by atoms with Crippen LogP contribution in [0, 0.1) is 11.8 Å². The van der Waals surface area contributed by atoms with Crippen LogP contribution >= 0.6 is 6.72 Å². The molecule has 5 N–H and O–H groups in total. The Hall–Kier alpha value is -3.07. The van der Waals surface area contributed by atoms with Crippen LogP contribution in [-0.4, -0.2) is 107 Å². The first kappa shape index (κ1) is 43.5. The Balaban J connectivity index is 1.05. The van der Waals surface area contributed by atoms with Crippen LogP contribution in [0.3, 0.4) is 0 Å². The molecular formula is C36H51F2N6O11PS. The number of halogens is 2. The number of carbonyl (C=O) groups excluding carboxylic acids is 2. The lowest BCUT2D eigenvalue weighted by molar-refractivity contribution is -0.121. The van der Waals surface area contributed by atoms with E-state index < -0.39 is 91.4 Å². The largest absolute Gasteiger partial charge is 0.394 e. The fourth-order valence-electron chi connectivity index (χ4n) is 8.31. The summed E-state index contributed by atoms with van der Waals surface area (Å²) in [6, 6.07) is 0.184. The first-order chi connectivity index (χ1) is 27.1. The summed E-state index contributed by atoms with van der Waals surface area (Å²) in [4.78, 5) is 70.1. The van der Waals surface area contributed by atoms with Crippen molar-refractivity contribution in [2.45, 2.75) is 139 Å². The summed E-state index contributed by atoms with van der Waals surface area (Å²) in [6.45, 7) is 2.05. The fraction of sp³-hybridized carbons (Fsp3) is 0.722. The zero-order chi connectivity index (χ0) is 41.4. The average molecular weight is 845 g/mol. The number of aromatic nitrogens is 4. The maximum atomic E-state index is 16.6. The maximum absolute atomic E-state index is 16.6. The number of alkyl halides is 2. The molecule has 17 nitrogen and oxygen atoms in total. The molecule has 0 bridgehead atoms. The molecule has 2 aliphatic carbocycles. The topological polar surface area (TPSA) is 226 Å². The third-order valence-electron chi connectivity index (χ3n) is 11.2. The van der Waals surface area contributed by atoms with Gasteiger partial charge >= 0.3 is 18.1 Å². The van der Waals surface area contributed by atoms with E-state index in [1.54, 1.807) is 0 Å². The van der Waals surface area contributed by atoms with Crippen molar-refractivity contribution in [2.24, 2.45) is 11.8 Å². The molecule has 4 fully saturated rings. The van der Waals surface area contributed by atoms with E-state index in [1.807, 2.05) is 27.7 Å². The lowest BCUT2D eigenvalue weighted by Crippen LogP contribution is -2.41. The van der Waals surface area contributed by atoms with Crippen LogP contribution in [0.5, 0.6) is 0 Å². The molecule has 0 radical (unpaired) electrons. The summed E-state index contributed by atoms with van der Waals surface area (Å²) in [7, 11) is 0. The Bertz CT molecular complexity index is 1970. The van der Waals surface area contributed by atoms with Crippen molar-refractivity contribution in [3.05, 3.63) is 45.5 Å². The second kappa shape index (κ2) is 17.3. The van der Waals surface area contributed by atoms with Crippen molar-refractivity contribution >= 4 is 42.0 Å².